The molecule has 0 unspecified atom stereocenters. The van der Waals surface area contributed by atoms with Gasteiger partial charge < -0.3 is 14.4 Å². The predicted octanol–water partition coefficient (Wildman–Crippen LogP) is 5.21. The first-order chi connectivity index (χ1) is 15.6. The topological polar surface area (TPSA) is 54.9 Å². The van der Waals surface area contributed by atoms with E-state index in [1.165, 1.54) is 11.3 Å². The summed E-state index contributed by atoms with van der Waals surface area (Å²) in [7, 11) is 3.27. The zero-order valence-electron chi connectivity index (χ0n) is 19.2. The van der Waals surface area contributed by atoms with Crippen LogP contribution in [0.5, 0.6) is 11.5 Å². The van der Waals surface area contributed by atoms with Gasteiger partial charge in [-0.3, -0.25) is 9.69 Å². The number of hydrogen-bond donors (Lipinski definition) is 0. The molecule has 0 spiro atoms. The van der Waals surface area contributed by atoms with Crippen LogP contribution in [0.15, 0.2) is 53.9 Å². The van der Waals surface area contributed by atoms with E-state index in [-0.39, 0.29) is 5.91 Å². The number of amides is 1. The van der Waals surface area contributed by atoms with Crippen LogP contribution in [-0.2, 0) is 0 Å². The third kappa shape index (κ3) is 5.66. The fourth-order valence-corrected chi connectivity index (χ4v) is 4.39. The Morgan fingerprint density at radius 3 is 2.41 bits per heavy atom. The molecule has 0 N–H and O–H groups in total. The number of methoxy groups -OCH3 is 2. The highest BCUT2D eigenvalue weighted by atomic mass is 32.1. The van der Waals surface area contributed by atoms with Gasteiger partial charge in [-0.25, -0.2) is 4.98 Å². The van der Waals surface area contributed by atoms with Crippen LogP contribution < -0.4 is 14.4 Å². The van der Waals surface area contributed by atoms with Gasteiger partial charge >= 0.3 is 0 Å². The largest absolute Gasteiger partial charge is 0.497 e. The van der Waals surface area contributed by atoms with Crippen molar-refractivity contribution >= 4 is 22.4 Å². The molecule has 0 saturated carbocycles. The Kier molecular flexibility index (Phi) is 8.64. The molecule has 1 amide bonds. The lowest BCUT2D eigenvalue weighted by Gasteiger charge is -2.23. The van der Waals surface area contributed by atoms with Gasteiger partial charge in [-0.05, 0) is 56.4 Å². The van der Waals surface area contributed by atoms with E-state index in [0.717, 1.165) is 43.1 Å². The second-order valence-electron chi connectivity index (χ2n) is 7.28. The maximum absolute atomic E-state index is 13.4. The Morgan fingerprint density at radius 1 is 1.00 bits per heavy atom. The van der Waals surface area contributed by atoms with Gasteiger partial charge in [0, 0.05) is 23.1 Å². The maximum Gasteiger partial charge on any atom is 0.260 e. The third-order valence-electron chi connectivity index (χ3n) is 5.42. The molecular formula is C25H31N3O3S. The molecule has 1 heterocycles. The zero-order chi connectivity index (χ0) is 22.9. The highest BCUT2D eigenvalue weighted by molar-refractivity contribution is 7.14. The number of nitrogens with zero attached hydrogens (tertiary/aromatic N) is 3. The van der Waals surface area contributed by atoms with Crippen molar-refractivity contribution in [2.24, 2.45) is 0 Å². The van der Waals surface area contributed by atoms with Crippen LogP contribution in [0, 0.1) is 0 Å². The molecule has 3 rings (SSSR count). The number of rotatable bonds is 11. The fourth-order valence-electron chi connectivity index (χ4n) is 3.54. The van der Waals surface area contributed by atoms with Crippen LogP contribution in [0.4, 0.5) is 5.13 Å². The summed E-state index contributed by atoms with van der Waals surface area (Å²) >= 11 is 1.46. The van der Waals surface area contributed by atoms with E-state index in [9.17, 15) is 4.79 Å². The smallest absolute Gasteiger partial charge is 0.260 e. The van der Waals surface area contributed by atoms with Gasteiger partial charge in [0.2, 0.25) is 0 Å². The lowest BCUT2D eigenvalue weighted by molar-refractivity contribution is 0.0985. The molecule has 2 aromatic carbocycles. The summed E-state index contributed by atoms with van der Waals surface area (Å²) in [5.41, 5.74) is 2.26. The second kappa shape index (κ2) is 11.6. The number of aromatic nitrogens is 1. The van der Waals surface area contributed by atoms with Crippen LogP contribution in [-0.4, -0.2) is 56.2 Å². The maximum atomic E-state index is 13.4. The minimum Gasteiger partial charge on any atom is -0.497 e. The number of benzene rings is 2. The Labute approximate surface area is 194 Å². The summed E-state index contributed by atoms with van der Waals surface area (Å²) in [5, 5.41) is 2.64. The molecule has 7 heteroatoms. The van der Waals surface area contributed by atoms with E-state index >= 15 is 0 Å². The molecule has 6 nitrogen and oxygen atoms in total. The van der Waals surface area contributed by atoms with Crippen LogP contribution in [0.25, 0.3) is 11.3 Å². The van der Waals surface area contributed by atoms with Crippen molar-refractivity contribution in [3.63, 3.8) is 0 Å². The number of carbonyl (C=O) groups is 1. The molecule has 0 saturated heterocycles. The first-order valence-electron chi connectivity index (χ1n) is 10.9. The summed E-state index contributed by atoms with van der Waals surface area (Å²) < 4.78 is 10.9. The monoisotopic (exact) mass is 453 g/mol. The molecule has 3 aromatic rings. The molecule has 32 heavy (non-hydrogen) atoms. The normalized spacial score (nSPS) is 10.9. The Morgan fingerprint density at radius 2 is 1.75 bits per heavy atom. The fraction of sp³-hybridized carbons (Fsp3) is 0.360. The van der Waals surface area contributed by atoms with Gasteiger partial charge in [0.15, 0.2) is 5.13 Å². The molecule has 0 bridgehead atoms. The summed E-state index contributed by atoms with van der Waals surface area (Å²) in [6.45, 7) is 7.86. The number of carbonyl (C=O) groups excluding carboxylic acids is 1. The van der Waals surface area contributed by atoms with Crippen molar-refractivity contribution in [2.45, 2.75) is 20.3 Å². The molecule has 170 valence electrons. The van der Waals surface area contributed by atoms with E-state index in [0.29, 0.717) is 23.0 Å². The minimum atomic E-state index is -0.0383. The van der Waals surface area contributed by atoms with E-state index in [1.54, 1.807) is 19.1 Å². The standard InChI is InChI=1S/C25H31N3O3S/c1-5-27(6-2)15-10-16-28(24(29)19-11-8-7-9-12-19)25-26-22(18-32-25)21-17-20(30-3)13-14-23(21)31-4/h7-9,11-14,17-18H,5-6,10,15-16H2,1-4H3. The van der Waals surface area contributed by atoms with Crippen molar-refractivity contribution < 1.29 is 14.3 Å². The van der Waals surface area contributed by atoms with Gasteiger partial charge in [-0.2, -0.15) is 0 Å². The van der Waals surface area contributed by atoms with E-state index in [2.05, 4.69) is 18.7 Å². The third-order valence-corrected chi connectivity index (χ3v) is 6.29. The van der Waals surface area contributed by atoms with Gasteiger partial charge in [0.05, 0.1) is 19.9 Å². The Balaban J connectivity index is 1.90. The Bertz CT molecular complexity index is 1000. The molecular weight excluding hydrogens is 422 g/mol. The van der Waals surface area contributed by atoms with Crippen molar-refractivity contribution in [1.82, 2.24) is 9.88 Å². The lowest BCUT2D eigenvalue weighted by Crippen LogP contribution is -2.34. The number of anilines is 1. The lowest BCUT2D eigenvalue weighted by atomic mass is 10.1. The first-order valence-corrected chi connectivity index (χ1v) is 11.8. The molecule has 0 radical (unpaired) electrons. The van der Waals surface area contributed by atoms with Gasteiger partial charge in [-0.15, -0.1) is 11.3 Å². The molecule has 0 fully saturated rings. The quantitative estimate of drug-likeness (QED) is 0.399. The second-order valence-corrected chi connectivity index (χ2v) is 8.12. The van der Waals surface area contributed by atoms with E-state index in [4.69, 9.17) is 14.5 Å². The molecule has 0 aliphatic carbocycles. The Hall–Kier alpha value is -2.90. The van der Waals surface area contributed by atoms with Crippen LogP contribution >= 0.6 is 11.3 Å². The summed E-state index contributed by atoms with van der Waals surface area (Å²) in [5.74, 6) is 1.40. The van der Waals surface area contributed by atoms with Crippen molar-refractivity contribution in [2.75, 3.05) is 45.3 Å². The highest BCUT2D eigenvalue weighted by Gasteiger charge is 2.22. The molecule has 0 aliphatic rings. The number of hydrogen-bond acceptors (Lipinski definition) is 6. The van der Waals surface area contributed by atoms with Crippen LogP contribution in [0.3, 0.4) is 0 Å². The van der Waals surface area contributed by atoms with Crippen LogP contribution in [0.2, 0.25) is 0 Å². The predicted molar refractivity (Wildman–Crippen MR) is 131 cm³/mol. The number of ether oxygens (including phenoxy) is 2. The SMILES string of the molecule is CCN(CC)CCCN(C(=O)c1ccccc1)c1nc(-c2cc(OC)ccc2OC)cs1. The minimum absolute atomic E-state index is 0.0383. The van der Waals surface area contributed by atoms with Gasteiger partial charge in [-0.1, -0.05) is 32.0 Å². The molecule has 0 atom stereocenters. The molecule has 1 aromatic heterocycles. The zero-order valence-corrected chi connectivity index (χ0v) is 20.0. The highest BCUT2D eigenvalue weighted by Crippen LogP contribution is 2.36. The van der Waals surface area contributed by atoms with Crippen molar-refractivity contribution in [3.8, 4) is 22.8 Å². The average molecular weight is 454 g/mol. The molecule has 0 aliphatic heterocycles. The summed E-state index contributed by atoms with van der Waals surface area (Å²) in [4.78, 5) is 22.3. The van der Waals surface area contributed by atoms with Gasteiger partial charge in [0.25, 0.3) is 5.91 Å². The van der Waals surface area contributed by atoms with Crippen molar-refractivity contribution in [3.05, 3.63) is 59.5 Å². The van der Waals surface area contributed by atoms with Gasteiger partial charge in [0.1, 0.15) is 11.5 Å². The number of thiazole rings is 1. The van der Waals surface area contributed by atoms with E-state index in [1.807, 2.05) is 53.9 Å². The van der Waals surface area contributed by atoms with E-state index < -0.39 is 0 Å². The first kappa shape index (κ1) is 23.8. The summed E-state index contributed by atoms with van der Waals surface area (Å²) in [6.07, 6.45) is 0.873. The van der Waals surface area contributed by atoms with Crippen LogP contribution in [0.1, 0.15) is 30.6 Å². The average Bonchev–Trinajstić information content (AvgIpc) is 3.33. The van der Waals surface area contributed by atoms with Crippen molar-refractivity contribution in [1.29, 1.82) is 0 Å². The summed E-state index contributed by atoms with van der Waals surface area (Å²) in [6, 6.07) is 15.0.